The van der Waals surface area contributed by atoms with Crippen LogP contribution in [0.5, 0.6) is 0 Å². The first-order valence-corrected chi connectivity index (χ1v) is 11.7. The highest BCUT2D eigenvalue weighted by molar-refractivity contribution is 6.34. The van der Waals surface area contributed by atoms with Crippen LogP contribution in [0.2, 0.25) is 5.02 Å². The maximum absolute atomic E-state index is 14.7. The number of alkyl halides is 1. The van der Waals surface area contributed by atoms with Crippen molar-refractivity contribution >= 4 is 29.2 Å². The van der Waals surface area contributed by atoms with Gasteiger partial charge in [0.05, 0.1) is 17.8 Å². The summed E-state index contributed by atoms with van der Waals surface area (Å²) in [7, 11) is 0. The number of likely N-dealkylation sites (tertiary alicyclic amines) is 1. The second-order valence-corrected chi connectivity index (χ2v) is 8.92. The maximum atomic E-state index is 14.7. The van der Waals surface area contributed by atoms with E-state index in [0.29, 0.717) is 18.8 Å². The summed E-state index contributed by atoms with van der Waals surface area (Å²) in [6.45, 7) is 3.95. The highest BCUT2D eigenvalue weighted by atomic mass is 35.5. The van der Waals surface area contributed by atoms with E-state index in [0.717, 1.165) is 16.7 Å². The number of benzene rings is 1. The largest absolute Gasteiger partial charge is 0.340 e. The van der Waals surface area contributed by atoms with Crippen molar-refractivity contribution in [2.75, 3.05) is 18.4 Å². The first kappa shape index (κ1) is 24.4. The van der Waals surface area contributed by atoms with E-state index in [2.05, 4.69) is 27.2 Å². The molecule has 0 spiro atoms. The molecule has 1 aliphatic rings. The standard InChI is InChI=1S/C26H25ClFN5O2/c1-17-12-20(9-8-19-6-4-3-5-7-19)13-29-25(17)31-26(35)24-22(27)14-30-33(24)15-21-10-11-32(18(2)34)16-23(21)28/h3-7,12-14,21,23H,10-11,15-16H2,1-2H3,(H,29,31,35)/t21-,23+/m0/s1. The fraction of sp³-hybridized carbons (Fsp3) is 0.308. The summed E-state index contributed by atoms with van der Waals surface area (Å²) in [6, 6.07) is 11.5. The summed E-state index contributed by atoms with van der Waals surface area (Å²) < 4.78 is 16.1. The average Bonchev–Trinajstić information content (AvgIpc) is 3.21. The smallest absolute Gasteiger partial charge is 0.276 e. The molecule has 1 aromatic carbocycles. The summed E-state index contributed by atoms with van der Waals surface area (Å²) in [5.41, 5.74) is 2.49. The summed E-state index contributed by atoms with van der Waals surface area (Å²) >= 11 is 6.26. The Balaban J connectivity index is 1.46. The minimum absolute atomic E-state index is 0.0408. The van der Waals surface area contributed by atoms with Gasteiger partial charge < -0.3 is 10.2 Å². The Morgan fingerprint density at radius 3 is 2.63 bits per heavy atom. The highest BCUT2D eigenvalue weighted by Crippen LogP contribution is 2.25. The summed E-state index contributed by atoms with van der Waals surface area (Å²) in [6.07, 6.45) is 2.23. The van der Waals surface area contributed by atoms with E-state index in [1.807, 2.05) is 43.3 Å². The molecule has 7 nitrogen and oxygen atoms in total. The molecule has 1 N–H and O–H groups in total. The number of carbonyl (C=O) groups excluding carboxylic acids is 2. The second kappa shape index (κ2) is 10.7. The molecule has 35 heavy (non-hydrogen) atoms. The van der Waals surface area contributed by atoms with E-state index in [4.69, 9.17) is 11.6 Å². The van der Waals surface area contributed by atoms with E-state index in [9.17, 15) is 14.0 Å². The van der Waals surface area contributed by atoms with Gasteiger partial charge in [0.25, 0.3) is 5.91 Å². The van der Waals surface area contributed by atoms with Crippen LogP contribution in [0.4, 0.5) is 10.2 Å². The molecule has 3 heterocycles. The zero-order chi connectivity index (χ0) is 24.9. The molecule has 4 rings (SSSR count). The van der Waals surface area contributed by atoms with Gasteiger partial charge in [-0.15, -0.1) is 0 Å². The Hall–Kier alpha value is -3.70. The third kappa shape index (κ3) is 5.87. The first-order valence-electron chi connectivity index (χ1n) is 11.3. The number of hydrogen-bond acceptors (Lipinski definition) is 4. The average molecular weight is 494 g/mol. The number of anilines is 1. The molecule has 0 radical (unpaired) electrons. The Morgan fingerprint density at radius 2 is 1.94 bits per heavy atom. The lowest BCUT2D eigenvalue weighted by Crippen LogP contribution is -2.45. The van der Waals surface area contributed by atoms with E-state index < -0.39 is 12.1 Å². The van der Waals surface area contributed by atoms with Crippen LogP contribution in [-0.4, -0.2) is 50.7 Å². The lowest BCUT2D eigenvalue weighted by atomic mass is 9.95. The molecule has 1 aliphatic heterocycles. The number of hydrogen-bond donors (Lipinski definition) is 1. The molecule has 1 fully saturated rings. The van der Waals surface area contributed by atoms with E-state index in [1.54, 1.807) is 6.20 Å². The van der Waals surface area contributed by atoms with Gasteiger partial charge >= 0.3 is 0 Å². The molecule has 2 amide bonds. The van der Waals surface area contributed by atoms with Gasteiger partial charge in [-0.1, -0.05) is 41.6 Å². The zero-order valence-electron chi connectivity index (χ0n) is 19.5. The molecular weight excluding hydrogens is 469 g/mol. The molecule has 0 bridgehead atoms. The van der Waals surface area contributed by atoms with Crippen LogP contribution in [0.3, 0.4) is 0 Å². The zero-order valence-corrected chi connectivity index (χ0v) is 20.2. The predicted molar refractivity (Wildman–Crippen MR) is 132 cm³/mol. The van der Waals surface area contributed by atoms with E-state index >= 15 is 0 Å². The summed E-state index contributed by atoms with van der Waals surface area (Å²) in [5.74, 6) is 5.51. The quantitative estimate of drug-likeness (QED) is 0.555. The highest BCUT2D eigenvalue weighted by Gasteiger charge is 2.32. The van der Waals surface area contributed by atoms with Gasteiger partial charge in [-0.25, -0.2) is 9.37 Å². The van der Waals surface area contributed by atoms with Gasteiger partial charge in [0.1, 0.15) is 17.7 Å². The fourth-order valence-electron chi connectivity index (χ4n) is 4.00. The normalized spacial score (nSPS) is 17.4. The molecule has 1 saturated heterocycles. The summed E-state index contributed by atoms with van der Waals surface area (Å²) in [4.78, 5) is 30.4. The maximum Gasteiger partial charge on any atom is 0.276 e. The predicted octanol–water partition coefficient (Wildman–Crippen LogP) is 4.10. The topological polar surface area (TPSA) is 80.1 Å². The Morgan fingerprint density at radius 1 is 1.20 bits per heavy atom. The minimum atomic E-state index is -1.21. The van der Waals surface area contributed by atoms with E-state index in [1.165, 1.54) is 22.7 Å². The van der Waals surface area contributed by atoms with Crippen molar-refractivity contribution in [1.82, 2.24) is 19.7 Å². The Labute approximate surface area is 208 Å². The Kier molecular flexibility index (Phi) is 7.47. The number of carbonyl (C=O) groups is 2. The van der Waals surface area contributed by atoms with Crippen molar-refractivity contribution in [2.45, 2.75) is 33.0 Å². The summed E-state index contributed by atoms with van der Waals surface area (Å²) in [5, 5.41) is 7.13. The number of aryl methyl sites for hydroxylation is 1. The number of halogens is 2. The van der Waals surface area contributed by atoms with Gasteiger partial charge in [0.2, 0.25) is 5.91 Å². The molecular formula is C26H25ClFN5O2. The monoisotopic (exact) mass is 493 g/mol. The SMILES string of the molecule is CC(=O)N1CC[C@@H](Cn2ncc(Cl)c2C(=O)Nc2ncc(C#Cc3ccccc3)cc2C)[C@H](F)C1. The van der Waals surface area contributed by atoms with Crippen molar-refractivity contribution in [2.24, 2.45) is 5.92 Å². The number of nitrogens with zero attached hydrogens (tertiary/aromatic N) is 4. The van der Waals surface area contributed by atoms with Gasteiger partial charge in [0.15, 0.2) is 0 Å². The van der Waals surface area contributed by atoms with Crippen molar-refractivity contribution in [3.05, 3.63) is 76.2 Å². The van der Waals surface area contributed by atoms with Crippen molar-refractivity contribution in [3.63, 3.8) is 0 Å². The molecule has 2 atom stereocenters. The number of rotatable bonds is 4. The van der Waals surface area contributed by atoms with Crippen LogP contribution >= 0.6 is 11.6 Å². The van der Waals surface area contributed by atoms with Gasteiger partial charge in [-0.3, -0.25) is 14.3 Å². The lowest BCUT2D eigenvalue weighted by Gasteiger charge is -2.34. The number of amides is 2. The van der Waals surface area contributed by atoms with Crippen LogP contribution in [0.1, 0.15) is 40.5 Å². The van der Waals surface area contributed by atoms with Crippen molar-refractivity contribution in [3.8, 4) is 11.8 Å². The molecule has 2 aromatic heterocycles. The van der Waals surface area contributed by atoms with Crippen LogP contribution in [-0.2, 0) is 11.3 Å². The molecule has 3 aromatic rings. The number of piperidine rings is 1. The van der Waals surface area contributed by atoms with Crippen molar-refractivity contribution < 1.29 is 14.0 Å². The van der Waals surface area contributed by atoms with Gasteiger partial charge in [-0.05, 0) is 37.1 Å². The van der Waals surface area contributed by atoms with Crippen LogP contribution in [0, 0.1) is 24.7 Å². The lowest BCUT2D eigenvalue weighted by molar-refractivity contribution is -0.131. The third-order valence-corrected chi connectivity index (χ3v) is 6.25. The van der Waals surface area contributed by atoms with Gasteiger partial charge in [-0.2, -0.15) is 5.10 Å². The van der Waals surface area contributed by atoms with Gasteiger partial charge in [0, 0.05) is 43.3 Å². The first-order chi connectivity index (χ1) is 16.8. The number of nitrogens with one attached hydrogen (secondary N) is 1. The molecule has 0 aliphatic carbocycles. The fourth-order valence-corrected chi connectivity index (χ4v) is 4.23. The molecule has 9 heteroatoms. The third-order valence-electron chi connectivity index (χ3n) is 5.97. The second-order valence-electron chi connectivity index (χ2n) is 8.51. The van der Waals surface area contributed by atoms with Crippen LogP contribution < -0.4 is 5.32 Å². The van der Waals surface area contributed by atoms with Crippen LogP contribution in [0.15, 0.2) is 48.8 Å². The van der Waals surface area contributed by atoms with Crippen LogP contribution in [0.25, 0.3) is 0 Å². The minimum Gasteiger partial charge on any atom is -0.340 e. The number of aromatic nitrogens is 3. The number of pyridine rings is 1. The molecule has 180 valence electrons. The van der Waals surface area contributed by atoms with E-state index in [-0.39, 0.29) is 35.6 Å². The molecule has 0 unspecified atom stereocenters. The van der Waals surface area contributed by atoms with Crippen molar-refractivity contribution in [1.29, 1.82) is 0 Å². The molecule has 0 saturated carbocycles. The Bertz CT molecular complexity index is 1300.